The van der Waals surface area contributed by atoms with Gasteiger partial charge in [0.05, 0.1) is 14.2 Å². The third kappa shape index (κ3) is 4.05. The predicted octanol–water partition coefficient (Wildman–Crippen LogP) is 5.64. The Kier molecular flexibility index (Phi) is 5.26. The number of rotatable bonds is 5. The molecule has 3 aromatic carbocycles. The third-order valence-corrected chi connectivity index (χ3v) is 4.66. The lowest BCUT2D eigenvalue weighted by Gasteiger charge is -2.11. The monoisotopic (exact) mass is 405 g/mol. The van der Waals surface area contributed by atoms with Crippen LogP contribution in [0.25, 0.3) is 22.2 Å². The van der Waals surface area contributed by atoms with Crippen LogP contribution in [0.5, 0.6) is 11.5 Å². The van der Waals surface area contributed by atoms with E-state index in [9.17, 15) is 9.18 Å². The molecule has 0 bridgehead atoms. The Morgan fingerprint density at radius 1 is 0.867 bits per heavy atom. The summed E-state index contributed by atoms with van der Waals surface area (Å²) < 4.78 is 23.9. The number of hydrogen-bond donors (Lipinski definition) is 3. The smallest absolute Gasteiger partial charge is 0.323 e. The topological polar surface area (TPSA) is 75.4 Å². The molecular formula is C23H20FN3O3. The molecule has 0 aliphatic rings. The quantitative estimate of drug-likeness (QED) is 0.402. The molecule has 0 atom stereocenters. The molecule has 0 unspecified atom stereocenters. The molecular weight excluding hydrogens is 385 g/mol. The van der Waals surface area contributed by atoms with Gasteiger partial charge in [0.1, 0.15) is 5.82 Å². The first-order valence-corrected chi connectivity index (χ1v) is 9.24. The standard InChI is InChI=1S/C23H20FN3O3/c1-29-21-9-7-18(13-22(21)30-2)26-23(28)25-17-5-3-4-14(11-17)20-12-15-10-16(24)6-8-19(15)27-20/h3-13,27H,1-2H3,(H2,25,26,28). The highest BCUT2D eigenvalue weighted by Gasteiger charge is 2.09. The van der Waals surface area contributed by atoms with Crippen LogP contribution in [-0.2, 0) is 0 Å². The Morgan fingerprint density at radius 3 is 2.40 bits per heavy atom. The van der Waals surface area contributed by atoms with Gasteiger partial charge in [0.2, 0.25) is 0 Å². The van der Waals surface area contributed by atoms with E-state index < -0.39 is 6.03 Å². The lowest BCUT2D eigenvalue weighted by atomic mass is 10.1. The van der Waals surface area contributed by atoms with E-state index in [1.807, 2.05) is 24.3 Å². The number of urea groups is 1. The third-order valence-electron chi connectivity index (χ3n) is 4.66. The Hall–Kier alpha value is -4.00. The number of benzene rings is 3. The van der Waals surface area contributed by atoms with Gasteiger partial charge in [0.15, 0.2) is 11.5 Å². The highest BCUT2D eigenvalue weighted by atomic mass is 19.1. The fourth-order valence-electron chi connectivity index (χ4n) is 3.23. The minimum Gasteiger partial charge on any atom is -0.493 e. The van der Waals surface area contributed by atoms with Crippen LogP contribution in [0, 0.1) is 5.82 Å². The van der Waals surface area contributed by atoms with Gasteiger partial charge in [-0.25, -0.2) is 9.18 Å². The van der Waals surface area contributed by atoms with E-state index in [-0.39, 0.29) is 5.82 Å². The summed E-state index contributed by atoms with van der Waals surface area (Å²) >= 11 is 0. The molecule has 0 radical (unpaired) electrons. The number of carbonyl (C=O) groups is 1. The van der Waals surface area contributed by atoms with Crippen LogP contribution in [0.2, 0.25) is 0 Å². The highest BCUT2D eigenvalue weighted by molar-refractivity contribution is 6.00. The summed E-state index contributed by atoms with van der Waals surface area (Å²) in [4.78, 5) is 15.7. The van der Waals surface area contributed by atoms with Crippen molar-refractivity contribution in [3.63, 3.8) is 0 Å². The molecule has 7 heteroatoms. The van der Waals surface area contributed by atoms with E-state index >= 15 is 0 Å². The number of H-pyrrole nitrogens is 1. The van der Waals surface area contributed by atoms with Crippen LogP contribution < -0.4 is 20.1 Å². The molecule has 1 aromatic heterocycles. The summed E-state index contributed by atoms with van der Waals surface area (Å²) in [5, 5.41) is 6.37. The molecule has 0 spiro atoms. The van der Waals surface area contributed by atoms with E-state index in [0.29, 0.717) is 22.9 Å². The zero-order chi connectivity index (χ0) is 21.1. The van der Waals surface area contributed by atoms with E-state index in [1.165, 1.54) is 19.2 Å². The van der Waals surface area contributed by atoms with Gasteiger partial charge in [-0.1, -0.05) is 12.1 Å². The zero-order valence-corrected chi connectivity index (χ0v) is 16.5. The predicted molar refractivity (Wildman–Crippen MR) is 116 cm³/mol. The fourth-order valence-corrected chi connectivity index (χ4v) is 3.23. The number of nitrogens with one attached hydrogen (secondary N) is 3. The Balaban J connectivity index is 1.50. The lowest BCUT2D eigenvalue weighted by molar-refractivity contribution is 0.262. The van der Waals surface area contributed by atoms with Crippen LogP contribution in [0.15, 0.2) is 66.7 Å². The SMILES string of the molecule is COc1ccc(NC(=O)Nc2cccc(-c3cc4cc(F)ccc4[nH]3)c2)cc1OC. The second kappa shape index (κ2) is 8.16. The van der Waals surface area contributed by atoms with Gasteiger partial charge in [-0.05, 0) is 48.5 Å². The van der Waals surface area contributed by atoms with Crippen molar-refractivity contribution in [1.82, 2.24) is 4.98 Å². The number of anilines is 2. The molecule has 4 rings (SSSR count). The number of aromatic nitrogens is 1. The maximum atomic E-state index is 13.4. The normalized spacial score (nSPS) is 10.6. The highest BCUT2D eigenvalue weighted by Crippen LogP contribution is 2.30. The number of fused-ring (bicyclic) bond motifs is 1. The van der Waals surface area contributed by atoms with Crippen molar-refractivity contribution < 1.29 is 18.7 Å². The molecule has 2 amide bonds. The molecule has 0 aliphatic heterocycles. The van der Waals surface area contributed by atoms with E-state index in [1.54, 1.807) is 37.4 Å². The second-order valence-corrected chi connectivity index (χ2v) is 6.64. The van der Waals surface area contributed by atoms with Crippen molar-refractivity contribution in [2.24, 2.45) is 0 Å². The van der Waals surface area contributed by atoms with Crippen LogP contribution in [-0.4, -0.2) is 25.2 Å². The van der Waals surface area contributed by atoms with Gasteiger partial charge in [-0.3, -0.25) is 0 Å². The van der Waals surface area contributed by atoms with Crippen LogP contribution >= 0.6 is 0 Å². The molecule has 0 saturated heterocycles. The summed E-state index contributed by atoms with van der Waals surface area (Å²) in [5.41, 5.74) is 3.74. The summed E-state index contributed by atoms with van der Waals surface area (Å²) in [6, 6.07) is 18.6. The maximum Gasteiger partial charge on any atom is 0.323 e. The molecule has 30 heavy (non-hydrogen) atoms. The Morgan fingerprint density at radius 2 is 1.63 bits per heavy atom. The lowest BCUT2D eigenvalue weighted by Crippen LogP contribution is -2.19. The summed E-state index contributed by atoms with van der Waals surface area (Å²) in [6.45, 7) is 0. The minimum absolute atomic E-state index is 0.282. The molecule has 6 nitrogen and oxygen atoms in total. The van der Waals surface area contributed by atoms with Crippen molar-refractivity contribution in [3.8, 4) is 22.8 Å². The van der Waals surface area contributed by atoms with Crippen molar-refractivity contribution >= 4 is 28.3 Å². The summed E-state index contributed by atoms with van der Waals surface area (Å²) in [5.74, 6) is 0.817. The van der Waals surface area contributed by atoms with Crippen molar-refractivity contribution in [2.45, 2.75) is 0 Å². The number of amides is 2. The van der Waals surface area contributed by atoms with Crippen molar-refractivity contribution in [3.05, 3.63) is 72.5 Å². The number of aromatic amines is 1. The first kappa shape index (κ1) is 19.3. The van der Waals surface area contributed by atoms with E-state index in [2.05, 4.69) is 15.6 Å². The maximum absolute atomic E-state index is 13.4. The molecule has 0 fully saturated rings. The summed E-state index contributed by atoms with van der Waals surface area (Å²) in [6.07, 6.45) is 0. The number of ether oxygens (including phenoxy) is 2. The van der Waals surface area contributed by atoms with Crippen LogP contribution in [0.4, 0.5) is 20.6 Å². The van der Waals surface area contributed by atoms with Gasteiger partial charge < -0.3 is 25.1 Å². The minimum atomic E-state index is -0.391. The average Bonchev–Trinajstić information content (AvgIpc) is 3.17. The Bertz CT molecular complexity index is 1220. The number of halogens is 1. The molecule has 4 aromatic rings. The second-order valence-electron chi connectivity index (χ2n) is 6.64. The molecule has 152 valence electrons. The van der Waals surface area contributed by atoms with E-state index in [0.717, 1.165) is 22.2 Å². The molecule has 0 saturated carbocycles. The Labute approximate surface area is 172 Å². The summed E-state index contributed by atoms with van der Waals surface area (Å²) in [7, 11) is 3.08. The van der Waals surface area contributed by atoms with Gasteiger partial charge >= 0.3 is 6.03 Å². The number of methoxy groups -OCH3 is 2. The molecule has 1 heterocycles. The molecule has 3 N–H and O–H groups in total. The average molecular weight is 405 g/mol. The van der Waals surface area contributed by atoms with Crippen LogP contribution in [0.1, 0.15) is 0 Å². The van der Waals surface area contributed by atoms with Gasteiger partial charge in [0.25, 0.3) is 0 Å². The van der Waals surface area contributed by atoms with E-state index in [4.69, 9.17) is 9.47 Å². The van der Waals surface area contributed by atoms with Gasteiger partial charge in [-0.15, -0.1) is 0 Å². The molecule has 0 aliphatic carbocycles. The first-order chi connectivity index (χ1) is 14.6. The van der Waals surface area contributed by atoms with Crippen molar-refractivity contribution in [1.29, 1.82) is 0 Å². The number of hydrogen-bond acceptors (Lipinski definition) is 3. The number of carbonyl (C=O) groups excluding carboxylic acids is 1. The van der Waals surface area contributed by atoms with Gasteiger partial charge in [0, 0.05) is 39.6 Å². The fraction of sp³-hybridized carbons (Fsp3) is 0.0870. The first-order valence-electron chi connectivity index (χ1n) is 9.24. The largest absolute Gasteiger partial charge is 0.493 e. The van der Waals surface area contributed by atoms with Crippen LogP contribution in [0.3, 0.4) is 0 Å². The van der Waals surface area contributed by atoms with Crippen molar-refractivity contribution in [2.75, 3.05) is 24.9 Å². The zero-order valence-electron chi connectivity index (χ0n) is 16.5. The van der Waals surface area contributed by atoms with Gasteiger partial charge in [-0.2, -0.15) is 0 Å².